The van der Waals surface area contributed by atoms with E-state index in [9.17, 15) is 21.6 Å². The van der Waals surface area contributed by atoms with Crippen LogP contribution in [-0.4, -0.2) is 47.2 Å². The number of hydrogen-bond acceptors (Lipinski definition) is 5. The van der Waals surface area contributed by atoms with Crippen LogP contribution in [0.5, 0.6) is 0 Å². The molecule has 1 heterocycles. The van der Waals surface area contributed by atoms with E-state index in [1.807, 2.05) is 13.8 Å². The maximum absolute atomic E-state index is 13.2. The van der Waals surface area contributed by atoms with Crippen LogP contribution in [0.2, 0.25) is 0 Å². The molecule has 0 aliphatic carbocycles. The molecular formula is C22H29N3O5S2. The molecule has 0 bridgehead atoms. The quantitative estimate of drug-likeness (QED) is 0.662. The maximum atomic E-state index is 13.2. The van der Waals surface area contributed by atoms with Crippen molar-refractivity contribution in [2.75, 3.05) is 25.5 Å². The predicted octanol–water partition coefficient (Wildman–Crippen LogP) is 2.82. The van der Waals surface area contributed by atoms with Crippen molar-refractivity contribution in [3.63, 3.8) is 0 Å². The lowest BCUT2D eigenvalue weighted by molar-refractivity contribution is 0.102. The molecule has 1 saturated heterocycles. The summed E-state index contributed by atoms with van der Waals surface area (Å²) in [5, 5.41) is 2.65. The van der Waals surface area contributed by atoms with Gasteiger partial charge in [0.2, 0.25) is 20.0 Å². The number of sulfonamides is 2. The number of carbonyl (C=O) groups is 1. The fourth-order valence-corrected chi connectivity index (χ4v) is 6.75. The highest BCUT2D eigenvalue weighted by molar-refractivity contribution is 7.89. The Bertz CT molecular complexity index is 1220. The number of amides is 1. The third kappa shape index (κ3) is 5.20. The number of aryl methyl sites for hydroxylation is 1. The van der Waals surface area contributed by atoms with Crippen LogP contribution in [0.25, 0.3) is 0 Å². The van der Waals surface area contributed by atoms with Crippen molar-refractivity contribution in [1.29, 1.82) is 0 Å². The van der Waals surface area contributed by atoms with Gasteiger partial charge in [0.15, 0.2) is 0 Å². The minimum Gasteiger partial charge on any atom is -0.322 e. The van der Waals surface area contributed by atoms with Crippen molar-refractivity contribution in [2.24, 2.45) is 11.8 Å². The molecule has 1 fully saturated rings. The molecule has 2 aromatic carbocycles. The Balaban J connectivity index is 1.86. The summed E-state index contributed by atoms with van der Waals surface area (Å²) in [6.45, 7) is 6.63. The second-order valence-corrected chi connectivity index (χ2v) is 12.2. The number of nitrogens with zero attached hydrogens (tertiary/aromatic N) is 1. The number of anilines is 1. The summed E-state index contributed by atoms with van der Waals surface area (Å²) in [6, 6.07) is 10.5. The van der Waals surface area contributed by atoms with Crippen LogP contribution in [0.1, 0.15) is 36.2 Å². The van der Waals surface area contributed by atoms with E-state index in [1.54, 1.807) is 19.1 Å². The monoisotopic (exact) mass is 479 g/mol. The van der Waals surface area contributed by atoms with Crippen molar-refractivity contribution in [3.8, 4) is 0 Å². The number of nitrogens with one attached hydrogen (secondary N) is 2. The molecule has 2 aromatic rings. The first kappa shape index (κ1) is 24.4. The lowest BCUT2D eigenvalue weighted by Gasteiger charge is -2.34. The van der Waals surface area contributed by atoms with Crippen LogP contribution in [0, 0.1) is 18.8 Å². The topological polar surface area (TPSA) is 113 Å². The van der Waals surface area contributed by atoms with Crippen molar-refractivity contribution < 1.29 is 21.6 Å². The molecule has 1 aliphatic rings. The minimum absolute atomic E-state index is 0.0578. The number of carbonyl (C=O) groups excluding carboxylic acids is 1. The van der Waals surface area contributed by atoms with Crippen LogP contribution in [-0.2, 0) is 20.0 Å². The predicted molar refractivity (Wildman–Crippen MR) is 124 cm³/mol. The standard InChI is InChI=1S/C22H29N3O5S2/c1-15-10-16(2)14-25(13-15)32(29,30)20-7-5-6-18(11-20)22(26)24-19-9-8-17(3)21(12-19)31(27,28)23-4/h5-9,11-12,15-16,23H,10,13-14H2,1-4H3,(H,24,26)/t15-,16+. The Hall–Kier alpha value is -2.27. The van der Waals surface area contributed by atoms with Crippen LogP contribution in [0.15, 0.2) is 52.3 Å². The molecule has 8 nitrogen and oxygen atoms in total. The highest BCUT2D eigenvalue weighted by atomic mass is 32.2. The van der Waals surface area contributed by atoms with E-state index in [0.29, 0.717) is 24.3 Å². The molecule has 10 heteroatoms. The van der Waals surface area contributed by atoms with Gasteiger partial charge in [0.05, 0.1) is 9.79 Å². The summed E-state index contributed by atoms with van der Waals surface area (Å²) in [6.07, 6.45) is 0.982. The van der Waals surface area contributed by atoms with Gasteiger partial charge in [0, 0.05) is 24.3 Å². The first-order chi connectivity index (χ1) is 14.9. The van der Waals surface area contributed by atoms with Gasteiger partial charge in [-0.25, -0.2) is 21.6 Å². The Morgan fingerprint density at radius 2 is 1.66 bits per heavy atom. The number of benzene rings is 2. The van der Waals surface area contributed by atoms with Gasteiger partial charge >= 0.3 is 0 Å². The molecule has 1 amide bonds. The Labute approximate surface area is 190 Å². The van der Waals surface area contributed by atoms with E-state index in [2.05, 4.69) is 10.0 Å². The molecule has 2 N–H and O–H groups in total. The second kappa shape index (κ2) is 9.30. The molecule has 0 unspecified atom stereocenters. The van der Waals surface area contributed by atoms with E-state index in [1.165, 1.54) is 41.7 Å². The molecular weight excluding hydrogens is 450 g/mol. The zero-order valence-electron chi connectivity index (χ0n) is 18.6. The zero-order chi connectivity index (χ0) is 23.7. The van der Waals surface area contributed by atoms with E-state index >= 15 is 0 Å². The molecule has 32 heavy (non-hydrogen) atoms. The summed E-state index contributed by atoms with van der Waals surface area (Å²) in [5.74, 6) is 0.00773. The van der Waals surface area contributed by atoms with Crippen LogP contribution < -0.4 is 10.0 Å². The molecule has 3 rings (SSSR count). The van der Waals surface area contributed by atoms with Crippen molar-refractivity contribution in [2.45, 2.75) is 37.0 Å². The summed E-state index contributed by atoms with van der Waals surface area (Å²) in [5.41, 5.74) is 1.000. The maximum Gasteiger partial charge on any atom is 0.255 e. The third-order valence-electron chi connectivity index (χ3n) is 5.57. The van der Waals surface area contributed by atoms with Gasteiger partial charge in [-0.2, -0.15) is 4.31 Å². The highest BCUT2D eigenvalue weighted by Crippen LogP contribution is 2.27. The van der Waals surface area contributed by atoms with E-state index in [4.69, 9.17) is 0 Å². The van der Waals surface area contributed by atoms with Gasteiger partial charge in [-0.15, -0.1) is 0 Å². The normalized spacial score (nSPS) is 20.1. The van der Waals surface area contributed by atoms with Gasteiger partial charge in [-0.1, -0.05) is 26.0 Å². The average Bonchev–Trinajstić information content (AvgIpc) is 2.74. The molecule has 2 atom stereocenters. The largest absolute Gasteiger partial charge is 0.322 e. The average molecular weight is 480 g/mol. The Morgan fingerprint density at radius 3 is 2.28 bits per heavy atom. The van der Waals surface area contributed by atoms with Gasteiger partial charge in [0.25, 0.3) is 5.91 Å². The molecule has 1 aliphatic heterocycles. The lowest BCUT2D eigenvalue weighted by Crippen LogP contribution is -2.42. The van der Waals surface area contributed by atoms with Crippen molar-refractivity contribution in [3.05, 3.63) is 53.6 Å². The SMILES string of the molecule is CNS(=O)(=O)c1cc(NC(=O)c2cccc(S(=O)(=O)N3C[C@H](C)C[C@H](C)C3)c2)ccc1C. The fourth-order valence-electron chi connectivity index (χ4n) is 4.03. The molecule has 174 valence electrons. The highest BCUT2D eigenvalue weighted by Gasteiger charge is 2.32. The van der Waals surface area contributed by atoms with E-state index < -0.39 is 26.0 Å². The molecule has 0 radical (unpaired) electrons. The van der Waals surface area contributed by atoms with Gasteiger partial charge in [-0.05, 0) is 68.1 Å². The van der Waals surface area contributed by atoms with E-state index in [-0.39, 0.29) is 27.2 Å². The Kier molecular flexibility index (Phi) is 7.09. The molecule has 0 aromatic heterocycles. The summed E-state index contributed by atoms with van der Waals surface area (Å²) >= 11 is 0. The fraction of sp³-hybridized carbons (Fsp3) is 0.409. The smallest absolute Gasteiger partial charge is 0.255 e. The van der Waals surface area contributed by atoms with Crippen LogP contribution in [0.3, 0.4) is 0 Å². The number of hydrogen-bond donors (Lipinski definition) is 2. The van der Waals surface area contributed by atoms with Crippen LogP contribution >= 0.6 is 0 Å². The summed E-state index contributed by atoms with van der Waals surface area (Å²) in [7, 11) is -6.10. The molecule has 0 spiro atoms. The lowest BCUT2D eigenvalue weighted by atomic mass is 9.94. The van der Waals surface area contributed by atoms with Crippen molar-refractivity contribution in [1.82, 2.24) is 9.03 Å². The van der Waals surface area contributed by atoms with E-state index in [0.717, 1.165) is 6.42 Å². The van der Waals surface area contributed by atoms with Crippen molar-refractivity contribution >= 4 is 31.6 Å². The Morgan fingerprint density at radius 1 is 1.00 bits per heavy atom. The number of rotatable bonds is 6. The summed E-state index contributed by atoms with van der Waals surface area (Å²) in [4.78, 5) is 12.9. The summed E-state index contributed by atoms with van der Waals surface area (Å²) < 4.78 is 54.4. The zero-order valence-corrected chi connectivity index (χ0v) is 20.3. The number of piperidine rings is 1. The van der Waals surface area contributed by atoms with Gasteiger partial charge in [-0.3, -0.25) is 4.79 Å². The van der Waals surface area contributed by atoms with Gasteiger partial charge < -0.3 is 5.32 Å². The van der Waals surface area contributed by atoms with Gasteiger partial charge in [0.1, 0.15) is 0 Å². The second-order valence-electron chi connectivity index (χ2n) is 8.44. The van der Waals surface area contributed by atoms with Crippen LogP contribution in [0.4, 0.5) is 5.69 Å². The minimum atomic E-state index is -3.73. The first-order valence-corrected chi connectivity index (χ1v) is 13.3. The molecule has 0 saturated carbocycles. The first-order valence-electron chi connectivity index (χ1n) is 10.4. The third-order valence-corrected chi connectivity index (χ3v) is 8.96.